The van der Waals surface area contributed by atoms with Crippen LogP contribution in [0.5, 0.6) is 0 Å². The molecule has 1 spiro atoms. The zero-order valence-corrected chi connectivity index (χ0v) is 21.2. The molecule has 37 heavy (non-hydrogen) atoms. The van der Waals surface area contributed by atoms with Gasteiger partial charge in [-0.25, -0.2) is 9.69 Å². The second-order valence-electron chi connectivity index (χ2n) is 10.9. The van der Waals surface area contributed by atoms with E-state index in [4.69, 9.17) is 4.74 Å². The monoisotopic (exact) mass is 502 g/mol. The van der Waals surface area contributed by atoms with Gasteiger partial charge in [0.15, 0.2) is 0 Å². The van der Waals surface area contributed by atoms with Crippen LogP contribution in [0.15, 0.2) is 48.5 Å². The quantitative estimate of drug-likeness (QED) is 0.547. The van der Waals surface area contributed by atoms with Gasteiger partial charge in [0.2, 0.25) is 11.5 Å². The van der Waals surface area contributed by atoms with Crippen molar-refractivity contribution in [3.05, 3.63) is 65.2 Å². The molecule has 3 amide bonds. The van der Waals surface area contributed by atoms with E-state index < -0.39 is 17.6 Å². The molecule has 2 aromatic carbocycles. The van der Waals surface area contributed by atoms with Gasteiger partial charge in [0, 0.05) is 55.8 Å². The maximum absolute atomic E-state index is 13.7. The molecule has 2 aliphatic heterocycles. The molecule has 3 fully saturated rings. The number of aryl methyl sites for hydroxylation is 1. The van der Waals surface area contributed by atoms with Gasteiger partial charge >= 0.3 is 6.09 Å². The number of carbonyl (C=O) groups excluding carboxylic acids is 3. The second kappa shape index (κ2) is 9.49. The number of hydrogen-bond donors (Lipinski definition) is 2. The minimum Gasteiger partial charge on any atom is -0.427 e. The Balaban J connectivity index is 1.18. The van der Waals surface area contributed by atoms with Gasteiger partial charge in [-0.2, -0.15) is 0 Å². The Morgan fingerprint density at radius 1 is 1.19 bits per heavy atom. The number of nitrogens with zero attached hydrogens (tertiary/aromatic N) is 2. The van der Waals surface area contributed by atoms with E-state index in [0.29, 0.717) is 31.2 Å². The van der Waals surface area contributed by atoms with Crippen molar-refractivity contribution in [2.24, 2.45) is 11.8 Å². The molecule has 2 saturated heterocycles. The van der Waals surface area contributed by atoms with Gasteiger partial charge in [-0.1, -0.05) is 36.4 Å². The molecule has 2 N–H and O–H groups in total. The largest absolute Gasteiger partial charge is 0.427 e. The SMILES string of the molecule is C[C@@H](C1CC1)N(Cc1ccccc1)C(=O)CN1C(=O)OC2(CCc3cc(NCC4CNC4)ccc32)C1=O. The lowest BCUT2D eigenvalue weighted by molar-refractivity contribution is -0.143. The van der Waals surface area contributed by atoms with Crippen molar-refractivity contribution in [1.82, 2.24) is 15.1 Å². The highest BCUT2D eigenvalue weighted by atomic mass is 16.6. The van der Waals surface area contributed by atoms with Crippen LogP contribution in [0.1, 0.15) is 42.9 Å². The highest BCUT2D eigenvalue weighted by Gasteiger charge is 2.58. The van der Waals surface area contributed by atoms with E-state index in [1.165, 1.54) is 0 Å². The molecule has 194 valence electrons. The number of amides is 3. The van der Waals surface area contributed by atoms with Crippen molar-refractivity contribution in [3.63, 3.8) is 0 Å². The van der Waals surface area contributed by atoms with Gasteiger partial charge < -0.3 is 20.3 Å². The van der Waals surface area contributed by atoms with Crippen LogP contribution in [0.25, 0.3) is 0 Å². The van der Waals surface area contributed by atoms with Gasteiger partial charge in [-0.05, 0) is 55.4 Å². The number of benzene rings is 2. The summed E-state index contributed by atoms with van der Waals surface area (Å²) in [5.74, 6) is 0.441. The fourth-order valence-corrected chi connectivity index (χ4v) is 5.82. The van der Waals surface area contributed by atoms with Crippen LogP contribution in [0.4, 0.5) is 10.5 Å². The molecule has 2 atom stereocenters. The van der Waals surface area contributed by atoms with Crippen molar-refractivity contribution < 1.29 is 19.1 Å². The van der Waals surface area contributed by atoms with E-state index >= 15 is 0 Å². The summed E-state index contributed by atoms with van der Waals surface area (Å²) in [6.07, 6.45) is 2.51. The molecule has 8 heteroatoms. The summed E-state index contributed by atoms with van der Waals surface area (Å²) in [5.41, 5.74) is 2.47. The highest BCUT2D eigenvalue weighted by Crippen LogP contribution is 2.46. The minimum absolute atomic E-state index is 0.0456. The first-order chi connectivity index (χ1) is 17.9. The Kier molecular flexibility index (Phi) is 6.15. The molecule has 0 radical (unpaired) electrons. The Morgan fingerprint density at radius 2 is 1.97 bits per heavy atom. The smallest absolute Gasteiger partial charge is 0.418 e. The molecule has 8 nitrogen and oxygen atoms in total. The lowest BCUT2D eigenvalue weighted by Crippen LogP contribution is -2.47. The number of fused-ring (bicyclic) bond motifs is 2. The average Bonchev–Trinajstić information content (AvgIpc) is 3.63. The van der Waals surface area contributed by atoms with Gasteiger partial charge in [0.25, 0.3) is 5.91 Å². The molecule has 1 unspecified atom stereocenters. The molecule has 0 bridgehead atoms. The number of hydrogen-bond acceptors (Lipinski definition) is 6. The van der Waals surface area contributed by atoms with Crippen LogP contribution in [0.3, 0.4) is 0 Å². The summed E-state index contributed by atoms with van der Waals surface area (Å²) >= 11 is 0. The summed E-state index contributed by atoms with van der Waals surface area (Å²) in [4.78, 5) is 43.0. The number of rotatable bonds is 9. The average molecular weight is 503 g/mol. The van der Waals surface area contributed by atoms with Crippen LogP contribution in [-0.2, 0) is 32.9 Å². The van der Waals surface area contributed by atoms with Crippen molar-refractivity contribution in [2.45, 2.75) is 50.8 Å². The van der Waals surface area contributed by atoms with E-state index in [1.54, 1.807) is 0 Å². The van der Waals surface area contributed by atoms with E-state index in [1.807, 2.05) is 47.4 Å². The molecule has 0 aromatic heterocycles. The fourth-order valence-electron chi connectivity index (χ4n) is 5.82. The third-order valence-electron chi connectivity index (χ3n) is 8.43. The van der Waals surface area contributed by atoms with Crippen LogP contribution < -0.4 is 10.6 Å². The zero-order chi connectivity index (χ0) is 25.6. The minimum atomic E-state index is -1.32. The Labute approximate surface area is 217 Å². The van der Waals surface area contributed by atoms with Crippen molar-refractivity contribution in [2.75, 3.05) is 31.5 Å². The molecular formula is C29H34N4O4. The fraction of sp³-hybridized carbons (Fsp3) is 0.483. The normalized spacial score (nSPS) is 23.5. The summed E-state index contributed by atoms with van der Waals surface area (Å²) in [6.45, 7) is 5.18. The Bertz CT molecular complexity index is 1210. The molecule has 1 saturated carbocycles. The summed E-state index contributed by atoms with van der Waals surface area (Å²) < 4.78 is 5.78. The third-order valence-corrected chi connectivity index (χ3v) is 8.43. The number of carbonyl (C=O) groups is 3. The maximum Gasteiger partial charge on any atom is 0.418 e. The summed E-state index contributed by atoms with van der Waals surface area (Å²) in [7, 11) is 0. The number of imide groups is 1. The summed E-state index contributed by atoms with van der Waals surface area (Å²) in [6, 6.07) is 15.8. The highest BCUT2D eigenvalue weighted by molar-refractivity contribution is 6.06. The number of nitrogens with one attached hydrogen (secondary N) is 2. The van der Waals surface area contributed by atoms with Crippen molar-refractivity contribution in [1.29, 1.82) is 0 Å². The number of anilines is 1. The van der Waals surface area contributed by atoms with Crippen LogP contribution in [0, 0.1) is 11.8 Å². The lowest BCUT2D eigenvalue weighted by Gasteiger charge is -2.30. The lowest BCUT2D eigenvalue weighted by atomic mass is 9.94. The first-order valence-electron chi connectivity index (χ1n) is 13.4. The molecule has 2 aromatic rings. The standard InChI is InChI=1S/C29H34N4O4/c1-19(22-7-8-22)32(17-20-5-3-2-4-6-20)26(34)18-33-27(35)29(37-28(33)36)12-11-23-13-24(9-10-25(23)29)31-16-21-14-30-15-21/h2-6,9-10,13,19,21-22,30-31H,7-8,11-12,14-18H2,1H3/t19-,29?/m0/s1. The van der Waals surface area contributed by atoms with E-state index in [0.717, 1.165) is 59.8 Å². The summed E-state index contributed by atoms with van der Waals surface area (Å²) in [5, 5.41) is 6.75. The van der Waals surface area contributed by atoms with Gasteiger partial charge in [-0.3, -0.25) is 9.59 Å². The van der Waals surface area contributed by atoms with Crippen LogP contribution in [0.2, 0.25) is 0 Å². The molecule has 4 aliphatic rings. The topological polar surface area (TPSA) is 91.0 Å². The number of ether oxygens (including phenoxy) is 1. The first kappa shape index (κ1) is 24.0. The first-order valence-corrected chi connectivity index (χ1v) is 13.4. The van der Waals surface area contributed by atoms with Gasteiger partial charge in [0.1, 0.15) is 6.54 Å². The molecular weight excluding hydrogens is 468 g/mol. The van der Waals surface area contributed by atoms with Gasteiger partial charge in [-0.15, -0.1) is 0 Å². The predicted molar refractivity (Wildman–Crippen MR) is 139 cm³/mol. The third kappa shape index (κ3) is 4.48. The van der Waals surface area contributed by atoms with E-state index in [-0.39, 0.29) is 18.5 Å². The predicted octanol–water partition coefficient (Wildman–Crippen LogP) is 3.27. The molecule has 2 aliphatic carbocycles. The maximum atomic E-state index is 13.7. The van der Waals surface area contributed by atoms with E-state index in [2.05, 4.69) is 23.6 Å². The Morgan fingerprint density at radius 3 is 2.68 bits per heavy atom. The van der Waals surface area contributed by atoms with Crippen molar-refractivity contribution >= 4 is 23.6 Å². The molecule has 2 heterocycles. The zero-order valence-electron chi connectivity index (χ0n) is 21.2. The van der Waals surface area contributed by atoms with Crippen LogP contribution >= 0.6 is 0 Å². The van der Waals surface area contributed by atoms with Crippen LogP contribution in [-0.4, -0.2) is 59.9 Å². The Hall–Kier alpha value is -3.39. The molecule has 6 rings (SSSR count). The second-order valence-corrected chi connectivity index (χ2v) is 10.9. The van der Waals surface area contributed by atoms with Crippen molar-refractivity contribution in [3.8, 4) is 0 Å². The van der Waals surface area contributed by atoms with E-state index in [9.17, 15) is 14.4 Å². The van der Waals surface area contributed by atoms with Gasteiger partial charge in [0.05, 0.1) is 0 Å².